The zero-order valence-electron chi connectivity index (χ0n) is 17.4. The number of benzene rings is 2. The number of dihydropyridines is 1. The standard InChI is InChI=1S/C25H24ClN3O/c1-15-21(14-27)24(17-6-10-20(11-7-17)29(2)3)25-22(28-15)12-18(13-23(25)30)16-4-8-19(26)9-5-16/h4-11,18,24,28H,12-13H2,1-3H3/t18-,24-/m1/s1. The molecule has 152 valence electrons. The Labute approximate surface area is 182 Å². The van der Waals surface area contributed by atoms with Gasteiger partial charge in [-0.15, -0.1) is 0 Å². The van der Waals surface area contributed by atoms with Crippen molar-refractivity contribution < 1.29 is 4.79 Å². The smallest absolute Gasteiger partial charge is 0.162 e. The summed E-state index contributed by atoms with van der Waals surface area (Å²) in [6.45, 7) is 1.92. The van der Waals surface area contributed by atoms with Gasteiger partial charge in [0, 0.05) is 48.2 Å². The molecule has 0 amide bonds. The number of nitrogens with one attached hydrogen (secondary N) is 1. The summed E-state index contributed by atoms with van der Waals surface area (Å²) in [5, 5.41) is 13.9. The number of hydrogen-bond donors (Lipinski definition) is 1. The van der Waals surface area contributed by atoms with Crippen molar-refractivity contribution in [3.63, 3.8) is 0 Å². The average Bonchev–Trinajstić information content (AvgIpc) is 2.73. The molecule has 1 aliphatic heterocycles. The van der Waals surface area contributed by atoms with Crippen LogP contribution >= 0.6 is 11.6 Å². The molecule has 0 aromatic heterocycles. The number of anilines is 1. The van der Waals surface area contributed by atoms with E-state index in [9.17, 15) is 10.1 Å². The molecule has 4 nitrogen and oxygen atoms in total. The van der Waals surface area contributed by atoms with Gasteiger partial charge in [0.2, 0.25) is 0 Å². The summed E-state index contributed by atoms with van der Waals surface area (Å²) < 4.78 is 0. The fourth-order valence-electron chi connectivity index (χ4n) is 4.46. The van der Waals surface area contributed by atoms with Crippen molar-refractivity contribution in [2.75, 3.05) is 19.0 Å². The highest BCUT2D eigenvalue weighted by Crippen LogP contribution is 2.45. The monoisotopic (exact) mass is 417 g/mol. The van der Waals surface area contributed by atoms with Gasteiger partial charge >= 0.3 is 0 Å². The molecule has 1 N–H and O–H groups in total. The van der Waals surface area contributed by atoms with Crippen molar-refractivity contribution in [1.29, 1.82) is 5.26 Å². The van der Waals surface area contributed by atoms with Gasteiger partial charge in [0.05, 0.1) is 17.6 Å². The predicted molar refractivity (Wildman–Crippen MR) is 120 cm³/mol. The molecule has 0 saturated heterocycles. The van der Waals surface area contributed by atoms with Gasteiger partial charge in [-0.25, -0.2) is 0 Å². The van der Waals surface area contributed by atoms with Gasteiger partial charge in [-0.3, -0.25) is 4.79 Å². The summed E-state index contributed by atoms with van der Waals surface area (Å²) >= 11 is 6.03. The minimum atomic E-state index is -0.318. The second-order valence-electron chi connectivity index (χ2n) is 8.17. The summed E-state index contributed by atoms with van der Waals surface area (Å²) in [5.41, 5.74) is 6.28. The van der Waals surface area contributed by atoms with E-state index >= 15 is 0 Å². The molecule has 0 unspecified atom stereocenters. The molecule has 30 heavy (non-hydrogen) atoms. The van der Waals surface area contributed by atoms with Gasteiger partial charge in [0.1, 0.15) is 0 Å². The third kappa shape index (κ3) is 3.62. The highest BCUT2D eigenvalue weighted by molar-refractivity contribution is 6.30. The summed E-state index contributed by atoms with van der Waals surface area (Å²) in [6, 6.07) is 18.2. The number of nitriles is 1. The van der Waals surface area contributed by atoms with E-state index in [0.717, 1.165) is 40.2 Å². The summed E-state index contributed by atoms with van der Waals surface area (Å²) in [4.78, 5) is 15.4. The molecule has 2 aromatic rings. The van der Waals surface area contributed by atoms with E-state index in [1.165, 1.54) is 0 Å². The Bertz CT molecular complexity index is 1090. The molecule has 2 aromatic carbocycles. The number of halogens is 1. The number of nitrogens with zero attached hydrogens (tertiary/aromatic N) is 2. The second-order valence-corrected chi connectivity index (χ2v) is 8.60. The molecule has 4 rings (SSSR count). The van der Waals surface area contributed by atoms with E-state index in [-0.39, 0.29) is 17.6 Å². The fraction of sp³-hybridized carbons (Fsp3) is 0.280. The predicted octanol–water partition coefficient (Wildman–Crippen LogP) is 5.29. The van der Waals surface area contributed by atoms with Crippen molar-refractivity contribution in [3.8, 4) is 6.07 Å². The van der Waals surface area contributed by atoms with Crippen LogP contribution in [0.4, 0.5) is 5.69 Å². The maximum atomic E-state index is 13.3. The fourth-order valence-corrected chi connectivity index (χ4v) is 4.58. The first-order valence-corrected chi connectivity index (χ1v) is 10.4. The first-order valence-electron chi connectivity index (χ1n) is 10.1. The lowest BCUT2D eigenvalue weighted by Crippen LogP contribution is -2.33. The Morgan fingerprint density at radius 1 is 1.03 bits per heavy atom. The van der Waals surface area contributed by atoms with Crippen LogP contribution in [0, 0.1) is 11.3 Å². The third-order valence-electron chi connectivity index (χ3n) is 6.03. The first-order chi connectivity index (χ1) is 14.4. The van der Waals surface area contributed by atoms with Gasteiger partial charge in [-0.1, -0.05) is 35.9 Å². The van der Waals surface area contributed by atoms with Crippen LogP contribution < -0.4 is 10.2 Å². The van der Waals surface area contributed by atoms with Crippen LogP contribution in [0.2, 0.25) is 5.02 Å². The molecule has 0 spiro atoms. The highest BCUT2D eigenvalue weighted by atomic mass is 35.5. The van der Waals surface area contributed by atoms with E-state index in [4.69, 9.17) is 11.6 Å². The molecular formula is C25H24ClN3O. The van der Waals surface area contributed by atoms with Crippen molar-refractivity contribution in [2.45, 2.75) is 31.6 Å². The summed E-state index contributed by atoms with van der Waals surface area (Å²) in [7, 11) is 3.99. The molecule has 1 aliphatic carbocycles. The van der Waals surface area contributed by atoms with Gasteiger partial charge in [-0.05, 0) is 54.7 Å². The lowest BCUT2D eigenvalue weighted by molar-refractivity contribution is -0.116. The number of rotatable bonds is 3. The van der Waals surface area contributed by atoms with Crippen LogP contribution in [-0.4, -0.2) is 19.9 Å². The number of Topliss-reactive ketones (excluding diaryl/α,β-unsaturated/α-hetero) is 1. The molecule has 5 heteroatoms. The Kier molecular flexibility index (Phi) is 5.40. The summed E-state index contributed by atoms with van der Waals surface area (Å²) in [5.74, 6) is -0.110. The minimum absolute atomic E-state index is 0.102. The zero-order chi connectivity index (χ0) is 21.4. The van der Waals surface area contributed by atoms with Gasteiger partial charge in [0.15, 0.2) is 5.78 Å². The molecule has 2 atom stereocenters. The second kappa shape index (κ2) is 8.01. The van der Waals surface area contributed by atoms with Gasteiger partial charge < -0.3 is 10.2 Å². The Hall–Kier alpha value is -3.03. The van der Waals surface area contributed by atoms with Crippen LogP contribution in [0.1, 0.15) is 42.7 Å². The molecule has 2 aliphatic rings. The van der Waals surface area contributed by atoms with E-state index in [1.54, 1.807) is 0 Å². The third-order valence-corrected chi connectivity index (χ3v) is 6.28. The first kappa shape index (κ1) is 20.3. The quantitative estimate of drug-likeness (QED) is 0.737. The SMILES string of the molecule is CC1=C(C#N)[C@@H](c2ccc(N(C)C)cc2)C2=C(C[C@@H](c3ccc(Cl)cc3)CC2=O)N1. The number of allylic oxidation sites excluding steroid dienone is 4. The number of carbonyl (C=O) groups excluding carboxylic acids is 1. The number of ketones is 1. The zero-order valence-corrected chi connectivity index (χ0v) is 18.1. The van der Waals surface area contributed by atoms with E-state index in [2.05, 4.69) is 11.4 Å². The Balaban J connectivity index is 1.75. The molecular weight excluding hydrogens is 394 g/mol. The van der Waals surface area contributed by atoms with Crippen LogP contribution in [0.15, 0.2) is 71.1 Å². The average molecular weight is 418 g/mol. The van der Waals surface area contributed by atoms with Gasteiger partial charge in [-0.2, -0.15) is 5.26 Å². The lowest BCUT2D eigenvalue weighted by Gasteiger charge is -2.35. The normalized spacial score (nSPS) is 21.1. The van der Waals surface area contributed by atoms with E-state index in [0.29, 0.717) is 17.0 Å². The van der Waals surface area contributed by atoms with Crippen molar-refractivity contribution in [1.82, 2.24) is 5.32 Å². The lowest BCUT2D eigenvalue weighted by atomic mass is 9.72. The topological polar surface area (TPSA) is 56.1 Å². The van der Waals surface area contributed by atoms with Crippen LogP contribution in [0.25, 0.3) is 0 Å². The maximum absolute atomic E-state index is 13.3. The molecule has 0 saturated carbocycles. The molecule has 0 bridgehead atoms. The van der Waals surface area contributed by atoms with Crippen molar-refractivity contribution in [2.24, 2.45) is 0 Å². The number of carbonyl (C=O) groups is 1. The van der Waals surface area contributed by atoms with Crippen LogP contribution in [0.5, 0.6) is 0 Å². The van der Waals surface area contributed by atoms with E-state index < -0.39 is 0 Å². The van der Waals surface area contributed by atoms with Crippen LogP contribution in [-0.2, 0) is 4.79 Å². The largest absolute Gasteiger partial charge is 0.378 e. The molecule has 1 heterocycles. The van der Waals surface area contributed by atoms with Gasteiger partial charge in [0.25, 0.3) is 0 Å². The Morgan fingerprint density at radius 3 is 2.27 bits per heavy atom. The molecule has 0 radical (unpaired) electrons. The highest BCUT2D eigenvalue weighted by Gasteiger charge is 2.38. The van der Waals surface area contributed by atoms with Crippen LogP contribution in [0.3, 0.4) is 0 Å². The summed E-state index contributed by atoms with van der Waals surface area (Å²) in [6.07, 6.45) is 1.18. The van der Waals surface area contributed by atoms with Crippen molar-refractivity contribution in [3.05, 3.63) is 87.2 Å². The van der Waals surface area contributed by atoms with E-state index in [1.807, 2.05) is 74.4 Å². The minimum Gasteiger partial charge on any atom is -0.378 e. The maximum Gasteiger partial charge on any atom is 0.162 e. The Morgan fingerprint density at radius 2 is 1.67 bits per heavy atom. The number of hydrogen-bond acceptors (Lipinski definition) is 4. The van der Waals surface area contributed by atoms with Crippen molar-refractivity contribution >= 4 is 23.1 Å². The molecule has 0 fully saturated rings.